The van der Waals surface area contributed by atoms with Gasteiger partial charge in [0, 0.05) is 40.6 Å². The molecule has 2 heterocycles. The van der Waals surface area contributed by atoms with Gasteiger partial charge in [0.15, 0.2) is 0 Å². The number of aromatic nitrogens is 2. The second-order valence-electron chi connectivity index (χ2n) is 9.63. The molecule has 1 aliphatic rings. The van der Waals surface area contributed by atoms with Crippen LogP contribution in [-0.4, -0.2) is 24.1 Å². The lowest BCUT2D eigenvalue weighted by atomic mass is 9.78. The Labute approximate surface area is 205 Å². The average Bonchev–Trinajstić information content (AvgIpc) is 3.22. The molecule has 0 unspecified atom stereocenters. The molecule has 0 spiro atoms. The first kappa shape index (κ1) is 23.7. The zero-order valence-electron chi connectivity index (χ0n) is 19.5. The number of anilines is 1. The molecule has 0 N–H and O–H groups in total. The number of hydrogen-bond donors (Lipinski definition) is 0. The van der Waals surface area contributed by atoms with E-state index in [1.807, 2.05) is 11.3 Å². The Morgan fingerprint density at radius 2 is 1.66 bits per heavy atom. The molecule has 2 aromatic heterocycles. The van der Waals surface area contributed by atoms with Crippen LogP contribution >= 0.6 is 27.3 Å². The number of para-hydroxylation sites is 1. The van der Waals surface area contributed by atoms with E-state index in [4.69, 9.17) is 9.97 Å². The van der Waals surface area contributed by atoms with Gasteiger partial charge in [-0.1, -0.05) is 57.1 Å². The molecule has 0 radical (unpaired) electrons. The number of benzene rings is 1. The third-order valence-electron chi connectivity index (χ3n) is 6.94. The topological polar surface area (TPSA) is 29.0 Å². The van der Waals surface area contributed by atoms with Crippen LogP contribution in [-0.2, 0) is 12.8 Å². The maximum atomic E-state index is 4.87. The summed E-state index contributed by atoms with van der Waals surface area (Å²) in [6, 6.07) is 10.6. The molecule has 1 aliphatic carbocycles. The minimum absolute atomic E-state index is 0.906. The third-order valence-corrected chi connectivity index (χ3v) is 8.70. The molecule has 1 aromatic carbocycles. The molecule has 5 heteroatoms. The van der Waals surface area contributed by atoms with Gasteiger partial charge in [-0.15, -0.1) is 11.3 Å². The number of aryl methyl sites for hydroxylation is 2. The molecule has 1 fully saturated rings. The molecule has 4 rings (SSSR count). The Hall–Kier alpha value is -1.46. The Balaban J connectivity index is 1.16. The summed E-state index contributed by atoms with van der Waals surface area (Å²) in [7, 11) is 4.14. The summed E-state index contributed by atoms with van der Waals surface area (Å²) >= 11 is 5.45. The molecular weight excluding hydrogens is 478 g/mol. The predicted octanol–water partition coefficient (Wildman–Crippen LogP) is 8.06. The lowest BCUT2D eigenvalue weighted by molar-refractivity contribution is 0.246. The maximum Gasteiger partial charge on any atom is 0.139 e. The van der Waals surface area contributed by atoms with Crippen molar-refractivity contribution in [2.45, 2.75) is 70.6 Å². The van der Waals surface area contributed by atoms with E-state index in [-0.39, 0.29) is 0 Å². The number of unbranched alkanes of at least 4 members (excludes halogenated alkanes) is 1. The van der Waals surface area contributed by atoms with E-state index in [1.54, 1.807) is 0 Å². The van der Waals surface area contributed by atoms with Crippen LogP contribution in [0.1, 0.15) is 68.5 Å². The first-order chi connectivity index (χ1) is 15.6. The predicted molar refractivity (Wildman–Crippen MR) is 142 cm³/mol. The van der Waals surface area contributed by atoms with Crippen molar-refractivity contribution in [2.75, 3.05) is 19.0 Å². The molecule has 0 aliphatic heterocycles. The minimum Gasteiger partial charge on any atom is -0.362 e. The van der Waals surface area contributed by atoms with E-state index < -0.39 is 0 Å². The van der Waals surface area contributed by atoms with Gasteiger partial charge in [0.05, 0.1) is 5.52 Å². The molecule has 172 valence electrons. The minimum atomic E-state index is 0.906. The van der Waals surface area contributed by atoms with E-state index in [9.17, 15) is 0 Å². The maximum absolute atomic E-state index is 4.87. The Bertz CT molecular complexity index is 991. The van der Waals surface area contributed by atoms with Crippen LogP contribution in [0.2, 0.25) is 0 Å². The van der Waals surface area contributed by atoms with Crippen molar-refractivity contribution in [1.29, 1.82) is 0 Å². The van der Waals surface area contributed by atoms with Crippen molar-refractivity contribution in [1.82, 2.24) is 9.97 Å². The smallest absolute Gasteiger partial charge is 0.139 e. The van der Waals surface area contributed by atoms with Gasteiger partial charge in [-0.3, -0.25) is 0 Å². The van der Waals surface area contributed by atoms with E-state index in [2.05, 4.69) is 70.6 Å². The second kappa shape index (κ2) is 11.6. The zero-order valence-corrected chi connectivity index (χ0v) is 21.9. The van der Waals surface area contributed by atoms with Crippen molar-refractivity contribution in [3.8, 4) is 0 Å². The van der Waals surface area contributed by atoms with E-state index in [0.29, 0.717) is 0 Å². The highest BCUT2D eigenvalue weighted by molar-refractivity contribution is 9.10. The molecule has 3 aromatic rings. The summed E-state index contributed by atoms with van der Waals surface area (Å²) in [6.45, 7) is 0. The van der Waals surface area contributed by atoms with Gasteiger partial charge in [0.1, 0.15) is 11.6 Å². The Morgan fingerprint density at radius 3 is 2.34 bits per heavy atom. The molecular formula is C27H36BrN3S. The second-order valence-corrected chi connectivity index (χ2v) is 11.5. The number of thiophene rings is 1. The van der Waals surface area contributed by atoms with Crippen LogP contribution in [0.15, 0.2) is 40.2 Å². The van der Waals surface area contributed by atoms with Crippen molar-refractivity contribution in [2.24, 2.45) is 11.8 Å². The number of nitrogens with zero attached hydrogens (tertiary/aromatic N) is 3. The first-order valence-electron chi connectivity index (χ1n) is 12.2. The summed E-state index contributed by atoms with van der Waals surface area (Å²) in [5, 5.41) is 3.34. The fourth-order valence-electron chi connectivity index (χ4n) is 5.13. The highest BCUT2D eigenvalue weighted by atomic mass is 79.9. The monoisotopic (exact) mass is 513 g/mol. The van der Waals surface area contributed by atoms with Crippen LogP contribution in [0.3, 0.4) is 0 Å². The van der Waals surface area contributed by atoms with Crippen LogP contribution in [0.5, 0.6) is 0 Å². The molecule has 0 amide bonds. The van der Waals surface area contributed by atoms with Gasteiger partial charge < -0.3 is 4.90 Å². The van der Waals surface area contributed by atoms with Gasteiger partial charge in [-0.25, -0.2) is 9.97 Å². The van der Waals surface area contributed by atoms with Gasteiger partial charge in [-0.2, -0.15) is 0 Å². The highest BCUT2D eigenvalue weighted by Gasteiger charge is 2.21. The molecule has 0 saturated heterocycles. The third kappa shape index (κ3) is 6.54. The van der Waals surface area contributed by atoms with E-state index in [1.165, 1.54) is 73.6 Å². The fourth-order valence-corrected chi connectivity index (χ4v) is 6.63. The summed E-state index contributed by atoms with van der Waals surface area (Å²) in [5.74, 6) is 3.91. The van der Waals surface area contributed by atoms with Gasteiger partial charge in [0.2, 0.25) is 0 Å². The summed E-state index contributed by atoms with van der Waals surface area (Å²) < 4.78 is 1.24. The van der Waals surface area contributed by atoms with Crippen molar-refractivity contribution in [3.63, 3.8) is 0 Å². The van der Waals surface area contributed by atoms with Gasteiger partial charge in [0.25, 0.3) is 0 Å². The lowest BCUT2D eigenvalue weighted by Gasteiger charge is -2.28. The normalized spacial score (nSPS) is 18.8. The largest absolute Gasteiger partial charge is 0.362 e. The lowest BCUT2D eigenvalue weighted by Crippen LogP contribution is -2.15. The van der Waals surface area contributed by atoms with Crippen molar-refractivity contribution in [3.05, 3.63) is 50.9 Å². The quantitative estimate of drug-likeness (QED) is 0.256. The van der Waals surface area contributed by atoms with Crippen LogP contribution in [0.4, 0.5) is 5.82 Å². The van der Waals surface area contributed by atoms with Crippen molar-refractivity contribution >= 4 is 44.0 Å². The van der Waals surface area contributed by atoms with Crippen LogP contribution in [0.25, 0.3) is 10.9 Å². The number of hydrogen-bond acceptors (Lipinski definition) is 4. The number of rotatable bonds is 10. The molecule has 3 nitrogen and oxygen atoms in total. The highest BCUT2D eigenvalue weighted by Crippen LogP contribution is 2.34. The van der Waals surface area contributed by atoms with Crippen molar-refractivity contribution < 1.29 is 0 Å². The summed E-state index contributed by atoms with van der Waals surface area (Å²) in [4.78, 5) is 13.3. The fraction of sp³-hybridized carbons (Fsp3) is 0.556. The summed E-state index contributed by atoms with van der Waals surface area (Å²) in [5.41, 5.74) is 1.06. The molecule has 0 bridgehead atoms. The van der Waals surface area contributed by atoms with E-state index >= 15 is 0 Å². The Kier molecular flexibility index (Phi) is 8.59. The molecule has 32 heavy (non-hydrogen) atoms. The SMILES string of the molecule is CN(C)c1nc(CCCC2CCC(CCCCc3cc(Br)cs3)CC2)nc2ccccc12. The first-order valence-corrected chi connectivity index (χ1v) is 13.9. The summed E-state index contributed by atoms with van der Waals surface area (Å²) in [6.07, 6.45) is 14.6. The van der Waals surface area contributed by atoms with Gasteiger partial charge >= 0.3 is 0 Å². The molecule has 1 saturated carbocycles. The average molecular weight is 515 g/mol. The number of fused-ring (bicyclic) bond motifs is 1. The zero-order chi connectivity index (χ0) is 22.3. The van der Waals surface area contributed by atoms with Crippen LogP contribution < -0.4 is 4.90 Å². The van der Waals surface area contributed by atoms with Crippen LogP contribution in [0, 0.1) is 11.8 Å². The van der Waals surface area contributed by atoms with Gasteiger partial charge in [-0.05, 0) is 65.2 Å². The Morgan fingerprint density at radius 1 is 0.938 bits per heavy atom. The number of halogens is 1. The van der Waals surface area contributed by atoms with E-state index in [0.717, 1.165) is 40.8 Å². The standard InChI is InChI=1S/C27H36BrN3S/c1-31(2)27-24-11-5-6-12-25(24)29-26(30-27)13-7-9-21-16-14-20(15-17-21)8-3-4-10-23-18-22(28)19-32-23/h5-6,11-12,18-21H,3-4,7-10,13-17H2,1-2H3. The molecule has 0 atom stereocenters.